The zero-order chi connectivity index (χ0) is 11.6. The molecule has 1 aromatic rings. The highest BCUT2D eigenvalue weighted by atomic mass is 79.9. The smallest absolute Gasteiger partial charge is 0.339 e. The molecule has 7 heteroatoms. The van der Waals surface area contributed by atoms with E-state index < -0.39 is 10.9 Å². The van der Waals surface area contributed by atoms with Gasteiger partial charge in [0.15, 0.2) is 0 Å². The molecule has 0 fully saturated rings. The number of hydrogen-bond donors (Lipinski definition) is 1. The van der Waals surface area contributed by atoms with Crippen LogP contribution in [0.5, 0.6) is 5.75 Å². The Hall–Kier alpha value is -1.63. The van der Waals surface area contributed by atoms with Crippen LogP contribution in [0.15, 0.2) is 16.6 Å². The lowest BCUT2D eigenvalue weighted by Gasteiger charge is -2.05. The summed E-state index contributed by atoms with van der Waals surface area (Å²) in [6.45, 7) is 0. The van der Waals surface area contributed by atoms with E-state index >= 15 is 0 Å². The summed E-state index contributed by atoms with van der Waals surface area (Å²) in [5.41, 5.74) is -0.369. The number of methoxy groups -OCH3 is 1. The predicted molar refractivity (Wildman–Crippen MR) is 54.3 cm³/mol. The first-order valence-corrected chi connectivity index (χ1v) is 4.52. The number of hydrogen-bond acceptors (Lipinski definition) is 4. The summed E-state index contributed by atoms with van der Waals surface area (Å²) in [4.78, 5) is 20.7. The molecule has 15 heavy (non-hydrogen) atoms. The summed E-state index contributed by atoms with van der Waals surface area (Å²) in [5, 5.41) is 19.3. The average Bonchev–Trinajstić information content (AvgIpc) is 2.16. The Morgan fingerprint density at radius 2 is 2.20 bits per heavy atom. The van der Waals surface area contributed by atoms with Crippen molar-refractivity contribution in [3.8, 4) is 5.75 Å². The summed E-state index contributed by atoms with van der Waals surface area (Å²) in [6.07, 6.45) is 0. The molecule has 0 unspecified atom stereocenters. The predicted octanol–water partition coefficient (Wildman–Crippen LogP) is 2.06. The first kappa shape index (κ1) is 11.4. The van der Waals surface area contributed by atoms with Gasteiger partial charge >= 0.3 is 5.97 Å². The summed E-state index contributed by atoms with van der Waals surface area (Å²) >= 11 is 2.92. The van der Waals surface area contributed by atoms with Crippen LogP contribution in [0.3, 0.4) is 0 Å². The highest BCUT2D eigenvalue weighted by molar-refractivity contribution is 9.10. The highest BCUT2D eigenvalue weighted by Gasteiger charge is 2.20. The van der Waals surface area contributed by atoms with Crippen molar-refractivity contribution in [2.75, 3.05) is 7.11 Å². The van der Waals surface area contributed by atoms with Gasteiger partial charge in [0.1, 0.15) is 11.3 Å². The van der Waals surface area contributed by atoms with Gasteiger partial charge in [-0.15, -0.1) is 0 Å². The summed E-state index contributed by atoms with van der Waals surface area (Å²) in [5.74, 6) is -1.25. The second-order valence-electron chi connectivity index (χ2n) is 2.57. The third kappa shape index (κ3) is 2.24. The molecule has 0 aromatic heterocycles. The minimum atomic E-state index is -1.21. The topological polar surface area (TPSA) is 89.7 Å². The van der Waals surface area contributed by atoms with Gasteiger partial charge in [-0.3, -0.25) is 10.1 Å². The van der Waals surface area contributed by atoms with Crippen molar-refractivity contribution >= 4 is 27.6 Å². The number of ether oxygens (including phenoxy) is 1. The van der Waals surface area contributed by atoms with Crippen LogP contribution in [0.2, 0.25) is 0 Å². The second-order valence-corrected chi connectivity index (χ2v) is 3.42. The molecule has 0 aliphatic heterocycles. The third-order valence-electron chi connectivity index (χ3n) is 1.70. The number of carboxylic acids is 1. The maximum absolute atomic E-state index is 10.7. The molecule has 1 N–H and O–H groups in total. The molecule has 0 aliphatic carbocycles. The van der Waals surface area contributed by atoms with E-state index in [9.17, 15) is 14.9 Å². The minimum Gasteiger partial charge on any atom is -0.496 e. The van der Waals surface area contributed by atoms with E-state index in [2.05, 4.69) is 15.9 Å². The van der Waals surface area contributed by atoms with Gasteiger partial charge in [-0.1, -0.05) is 0 Å². The van der Waals surface area contributed by atoms with Crippen molar-refractivity contribution in [1.82, 2.24) is 0 Å². The maximum atomic E-state index is 10.7. The molecular formula is C8H6BrNO5. The number of aromatic carboxylic acids is 1. The molecule has 0 bridgehead atoms. The quantitative estimate of drug-likeness (QED) is 0.674. The molecule has 0 amide bonds. The minimum absolute atomic E-state index is 0.0441. The Kier molecular flexibility index (Phi) is 3.25. The van der Waals surface area contributed by atoms with Crippen molar-refractivity contribution in [3.63, 3.8) is 0 Å². The molecular weight excluding hydrogens is 270 g/mol. The molecule has 0 heterocycles. The molecule has 0 saturated heterocycles. The maximum Gasteiger partial charge on any atom is 0.339 e. The van der Waals surface area contributed by atoms with Crippen molar-refractivity contribution in [1.29, 1.82) is 0 Å². The van der Waals surface area contributed by atoms with Crippen molar-refractivity contribution in [2.24, 2.45) is 0 Å². The zero-order valence-corrected chi connectivity index (χ0v) is 9.15. The lowest BCUT2D eigenvalue weighted by Crippen LogP contribution is -2.02. The lowest BCUT2D eigenvalue weighted by molar-refractivity contribution is -0.385. The molecule has 6 nitrogen and oxygen atoms in total. The number of rotatable bonds is 3. The molecule has 1 aromatic carbocycles. The highest BCUT2D eigenvalue weighted by Crippen LogP contribution is 2.32. The van der Waals surface area contributed by atoms with Gasteiger partial charge in [0, 0.05) is 0 Å². The SMILES string of the molecule is COc1cc([N+](=O)[O-])c(Br)cc1C(=O)O. The summed E-state index contributed by atoms with van der Waals surface area (Å²) in [7, 11) is 1.25. The van der Waals surface area contributed by atoms with E-state index in [1.165, 1.54) is 7.11 Å². The Labute approximate surface area is 92.8 Å². The molecule has 0 radical (unpaired) electrons. The average molecular weight is 276 g/mol. The van der Waals surface area contributed by atoms with Gasteiger partial charge in [0.2, 0.25) is 0 Å². The van der Waals surface area contributed by atoms with Crippen molar-refractivity contribution in [3.05, 3.63) is 32.3 Å². The lowest BCUT2D eigenvalue weighted by atomic mass is 10.2. The number of carbonyl (C=O) groups is 1. The zero-order valence-electron chi connectivity index (χ0n) is 7.56. The van der Waals surface area contributed by atoms with Gasteiger partial charge in [-0.05, 0) is 22.0 Å². The Balaban J connectivity index is 3.42. The van der Waals surface area contributed by atoms with Gasteiger partial charge in [0.25, 0.3) is 5.69 Å². The molecule has 1 rings (SSSR count). The number of halogens is 1. The molecule has 0 spiro atoms. The van der Waals surface area contributed by atoms with Crippen LogP contribution in [-0.4, -0.2) is 23.1 Å². The molecule has 0 aliphatic rings. The van der Waals surface area contributed by atoms with Crippen LogP contribution in [0.25, 0.3) is 0 Å². The summed E-state index contributed by atoms with van der Waals surface area (Å²) < 4.78 is 4.85. The largest absolute Gasteiger partial charge is 0.496 e. The van der Waals surface area contributed by atoms with Crippen LogP contribution < -0.4 is 4.74 Å². The van der Waals surface area contributed by atoms with Crippen molar-refractivity contribution in [2.45, 2.75) is 0 Å². The monoisotopic (exact) mass is 275 g/mol. The fraction of sp³-hybridized carbons (Fsp3) is 0.125. The van der Waals surface area contributed by atoms with Crippen molar-refractivity contribution < 1.29 is 19.6 Å². The fourth-order valence-corrected chi connectivity index (χ4v) is 1.51. The Morgan fingerprint density at radius 3 is 2.60 bits per heavy atom. The molecule has 0 saturated carbocycles. The number of nitro benzene ring substituents is 1. The third-order valence-corrected chi connectivity index (χ3v) is 2.33. The van der Waals surface area contributed by atoms with E-state index in [1.54, 1.807) is 0 Å². The fourth-order valence-electron chi connectivity index (χ4n) is 1.02. The van der Waals surface area contributed by atoms with E-state index in [1.807, 2.05) is 0 Å². The number of nitrogens with zero attached hydrogens (tertiary/aromatic N) is 1. The van der Waals surface area contributed by atoms with E-state index in [0.717, 1.165) is 12.1 Å². The number of carboxylic acid groups (broad SMARTS) is 1. The van der Waals surface area contributed by atoms with Crippen LogP contribution in [0.4, 0.5) is 5.69 Å². The van der Waals surface area contributed by atoms with E-state index in [4.69, 9.17) is 9.84 Å². The van der Waals surface area contributed by atoms with Crippen LogP contribution in [-0.2, 0) is 0 Å². The van der Waals surface area contributed by atoms with Crippen LogP contribution in [0, 0.1) is 10.1 Å². The molecule has 80 valence electrons. The number of benzene rings is 1. The molecule has 0 atom stereocenters. The van der Waals surface area contributed by atoms with Crippen LogP contribution in [0.1, 0.15) is 10.4 Å². The Bertz CT molecular complexity index is 431. The number of nitro groups is 1. The Morgan fingerprint density at radius 1 is 1.60 bits per heavy atom. The van der Waals surface area contributed by atoms with Gasteiger partial charge < -0.3 is 9.84 Å². The second kappa shape index (κ2) is 4.26. The first-order valence-electron chi connectivity index (χ1n) is 3.72. The first-order chi connectivity index (χ1) is 6.97. The summed E-state index contributed by atoms with van der Waals surface area (Å²) in [6, 6.07) is 2.20. The van der Waals surface area contributed by atoms with E-state index in [0.29, 0.717) is 0 Å². The van der Waals surface area contributed by atoms with Gasteiger partial charge in [-0.25, -0.2) is 4.79 Å². The normalized spacial score (nSPS) is 9.73. The van der Waals surface area contributed by atoms with Crippen LogP contribution >= 0.6 is 15.9 Å². The van der Waals surface area contributed by atoms with Gasteiger partial charge in [-0.2, -0.15) is 0 Å². The van der Waals surface area contributed by atoms with Gasteiger partial charge in [0.05, 0.1) is 22.6 Å². The standard InChI is InChI=1S/C8H6BrNO5/c1-15-7-3-6(10(13)14)5(9)2-4(7)8(11)12/h2-3H,1H3,(H,11,12). The van der Waals surface area contributed by atoms with E-state index in [-0.39, 0.29) is 21.5 Å².